The van der Waals surface area contributed by atoms with Crippen molar-refractivity contribution in [2.45, 2.75) is 18.0 Å². The summed E-state index contributed by atoms with van der Waals surface area (Å²) in [5.41, 5.74) is 6.03. The first-order chi connectivity index (χ1) is 14.5. The number of hydrogen-bond donors (Lipinski definition) is 3. The van der Waals surface area contributed by atoms with Crippen molar-refractivity contribution < 1.29 is 28.9 Å². The number of nitrogens with two attached hydrogens (primary N) is 1. The van der Waals surface area contributed by atoms with E-state index in [1.54, 1.807) is 6.07 Å². The lowest BCUT2D eigenvalue weighted by Gasteiger charge is -2.48. The van der Waals surface area contributed by atoms with Crippen molar-refractivity contribution in [3.8, 4) is 0 Å². The Labute approximate surface area is 176 Å². The van der Waals surface area contributed by atoms with Crippen molar-refractivity contribution >= 4 is 51.7 Å². The standard InChI is InChI=1S/C16H14N6O6S2/c17-16-18-8(6-30-16)10(21-28-5-7-1-3-27-20-7)12(23)19-11-13(24)22-9(15(25)26)2-4-29-14(11)22/h1-3,6,11,14H,4-5H2,(H2,17,18)(H,19,23)(H,25,26)/t11?,14-/m1/s1. The number of rotatable bonds is 7. The number of carbonyl (C=O) groups is 3. The number of anilines is 1. The number of carboxylic acids is 1. The van der Waals surface area contributed by atoms with Gasteiger partial charge < -0.3 is 25.5 Å². The molecule has 4 rings (SSSR count). The third-order valence-electron chi connectivity index (χ3n) is 4.19. The number of aromatic nitrogens is 2. The summed E-state index contributed by atoms with van der Waals surface area (Å²) in [4.78, 5) is 47.0. The molecule has 2 aromatic rings. The normalized spacial score (nSPS) is 20.8. The number of nitrogens with one attached hydrogen (secondary N) is 1. The summed E-state index contributed by atoms with van der Waals surface area (Å²) >= 11 is 2.46. The number of aliphatic carboxylic acids is 1. The zero-order valence-corrected chi connectivity index (χ0v) is 16.7. The zero-order valence-electron chi connectivity index (χ0n) is 15.0. The van der Waals surface area contributed by atoms with Crippen LogP contribution in [0.15, 0.2) is 39.2 Å². The molecule has 0 aliphatic carbocycles. The van der Waals surface area contributed by atoms with Crippen LogP contribution in [0.5, 0.6) is 0 Å². The van der Waals surface area contributed by atoms with Gasteiger partial charge in [0.1, 0.15) is 34.8 Å². The molecular weight excluding hydrogens is 436 g/mol. The van der Waals surface area contributed by atoms with Crippen molar-refractivity contribution in [2.24, 2.45) is 5.16 Å². The van der Waals surface area contributed by atoms with E-state index in [-0.39, 0.29) is 28.8 Å². The van der Waals surface area contributed by atoms with Crippen molar-refractivity contribution in [3.63, 3.8) is 0 Å². The lowest BCUT2D eigenvalue weighted by atomic mass is 10.0. The van der Waals surface area contributed by atoms with Crippen molar-refractivity contribution in [2.75, 3.05) is 11.5 Å². The molecule has 14 heteroatoms. The number of thiazole rings is 1. The van der Waals surface area contributed by atoms with Gasteiger partial charge in [0, 0.05) is 17.2 Å². The number of hydrogen-bond acceptors (Lipinski definition) is 11. The first kappa shape index (κ1) is 19.9. The third kappa shape index (κ3) is 3.73. The van der Waals surface area contributed by atoms with Gasteiger partial charge in [-0.1, -0.05) is 10.3 Å². The zero-order chi connectivity index (χ0) is 21.3. The van der Waals surface area contributed by atoms with Gasteiger partial charge >= 0.3 is 5.97 Å². The van der Waals surface area contributed by atoms with E-state index in [0.717, 1.165) is 16.2 Å². The molecule has 2 atom stereocenters. The summed E-state index contributed by atoms with van der Waals surface area (Å²) in [5, 5.41) is 20.6. The Kier molecular flexibility index (Phi) is 5.41. The average Bonchev–Trinajstić information content (AvgIpc) is 3.40. The van der Waals surface area contributed by atoms with Crippen molar-refractivity contribution in [1.82, 2.24) is 20.4 Å². The summed E-state index contributed by atoms with van der Waals surface area (Å²) in [6.45, 7) is -0.0473. The van der Waals surface area contributed by atoms with Gasteiger partial charge in [0.2, 0.25) is 0 Å². The van der Waals surface area contributed by atoms with Gasteiger partial charge in [-0.15, -0.1) is 23.1 Å². The number of amides is 2. The number of carboxylic acid groups (broad SMARTS) is 1. The molecule has 1 unspecified atom stereocenters. The van der Waals surface area contributed by atoms with Crippen LogP contribution in [0, 0.1) is 0 Å². The first-order valence-electron chi connectivity index (χ1n) is 8.45. The van der Waals surface area contributed by atoms with E-state index in [4.69, 9.17) is 15.1 Å². The number of nitrogen functional groups attached to an aromatic ring is 1. The fraction of sp³-hybridized carbons (Fsp3) is 0.250. The number of thioether (sulfide) groups is 1. The van der Waals surface area contributed by atoms with Crippen LogP contribution in [-0.2, 0) is 25.8 Å². The van der Waals surface area contributed by atoms with Crippen LogP contribution in [0.2, 0.25) is 0 Å². The van der Waals surface area contributed by atoms with Crippen LogP contribution in [0.4, 0.5) is 5.13 Å². The Balaban J connectivity index is 1.49. The second kappa shape index (κ2) is 8.16. The molecule has 1 saturated heterocycles. The number of β-lactam (4-membered cyclic amide) rings is 1. The van der Waals surface area contributed by atoms with Gasteiger partial charge in [-0.25, -0.2) is 9.78 Å². The van der Waals surface area contributed by atoms with Crippen LogP contribution in [0.1, 0.15) is 11.4 Å². The SMILES string of the molecule is Nc1nc(C(=NOCc2ccon2)C(=O)NC2C(=O)N3C(C(=O)O)=CCS[C@H]23)cs1. The lowest BCUT2D eigenvalue weighted by Crippen LogP contribution is -2.70. The number of carbonyl (C=O) groups excluding carboxylic acids is 2. The molecule has 0 saturated carbocycles. The molecule has 0 aromatic carbocycles. The minimum atomic E-state index is -1.19. The lowest BCUT2D eigenvalue weighted by molar-refractivity contribution is -0.150. The summed E-state index contributed by atoms with van der Waals surface area (Å²) in [7, 11) is 0. The maximum absolute atomic E-state index is 12.8. The average molecular weight is 450 g/mol. The van der Waals surface area contributed by atoms with E-state index in [9.17, 15) is 19.5 Å². The van der Waals surface area contributed by atoms with Crippen LogP contribution in [-0.4, -0.2) is 60.8 Å². The highest BCUT2D eigenvalue weighted by Crippen LogP contribution is 2.37. The topological polar surface area (TPSA) is 173 Å². The van der Waals surface area contributed by atoms with E-state index >= 15 is 0 Å². The van der Waals surface area contributed by atoms with Gasteiger partial charge in [-0.2, -0.15) is 0 Å². The van der Waals surface area contributed by atoms with Gasteiger partial charge in [0.05, 0.1) is 0 Å². The Morgan fingerprint density at radius 1 is 1.50 bits per heavy atom. The molecule has 2 aromatic heterocycles. The fourth-order valence-corrected chi connectivity index (χ4v) is 4.57. The molecule has 2 aliphatic heterocycles. The monoisotopic (exact) mass is 450 g/mol. The molecule has 1 fully saturated rings. The minimum Gasteiger partial charge on any atom is -0.477 e. The Hall–Kier alpha value is -3.39. The predicted molar refractivity (Wildman–Crippen MR) is 105 cm³/mol. The number of oxime groups is 1. The van der Waals surface area contributed by atoms with Crippen LogP contribution in [0.25, 0.3) is 0 Å². The highest BCUT2D eigenvalue weighted by atomic mass is 32.2. The van der Waals surface area contributed by atoms with Crippen LogP contribution < -0.4 is 11.1 Å². The van der Waals surface area contributed by atoms with E-state index in [1.807, 2.05) is 0 Å². The largest absolute Gasteiger partial charge is 0.477 e. The summed E-state index contributed by atoms with van der Waals surface area (Å²) in [6.07, 6.45) is 2.83. The van der Waals surface area contributed by atoms with Crippen LogP contribution in [0.3, 0.4) is 0 Å². The molecule has 2 aliphatic rings. The number of nitrogens with zero attached hydrogens (tertiary/aromatic N) is 4. The van der Waals surface area contributed by atoms with Crippen molar-refractivity contribution in [3.05, 3.63) is 40.9 Å². The Morgan fingerprint density at radius 3 is 3.00 bits per heavy atom. The molecule has 30 heavy (non-hydrogen) atoms. The maximum atomic E-state index is 12.8. The molecular formula is C16H14N6O6S2. The second-order valence-electron chi connectivity index (χ2n) is 6.05. The molecule has 4 N–H and O–H groups in total. The van der Waals surface area contributed by atoms with E-state index in [0.29, 0.717) is 11.4 Å². The summed E-state index contributed by atoms with van der Waals surface area (Å²) in [5.74, 6) is -2.01. The fourth-order valence-electron chi connectivity index (χ4n) is 2.82. The quantitative estimate of drug-likeness (QED) is 0.296. The molecule has 156 valence electrons. The number of fused-ring (bicyclic) bond motifs is 1. The molecule has 12 nitrogen and oxygen atoms in total. The molecule has 4 heterocycles. The molecule has 0 radical (unpaired) electrons. The van der Waals surface area contributed by atoms with Crippen LogP contribution >= 0.6 is 23.1 Å². The first-order valence-corrected chi connectivity index (χ1v) is 10.4. The van der Waals surface area contributed by atoms with E-state index < -0.39 is 29.2 Å². The van der Waals surface area contributed by atoms with E-state index in [2.05, 4.69) is 20.6 Å². The van der Waals surface area contributed by atoms with Crippen molar-refractivity contribution in [1.29, 1.82) is 0 Å². The molecule has 0 spiro atoms. The predicted octanol–water partition coefficient (Wildman–Crippen LogP) is 0.00260. The smallest absolute Gasteiger partial charge is 0.352 e. The maximum Gasteiger partial charge on any atom is 0.352 e. The van der Waals surface area contributed by atoms with Gasteiger partial charge in [0.25, 0.3) is 11.8 Å². The highest BCUT2D eigenvalue weighted by Gasteiger charge is 2.53. The summed E-state index contributed by atoms with van der Waals surface area (Å²) < 4.78 is 4.69. The minimum absolute atomic E-state index is 0.0473. The van der Waals surface area contributed by atoms with E-state index in [1.165, 1.54) is 29.5 Å². The van der Waals surface area contributed by atoms with Gasteiger partial charge in [-0.3, -0.25) is 14.5 Å². The Morgan fingerprint density at radius 2 is 2.33 bits per heavy atom. The molecule has 2 amide bonds. The van der Waals surface area contributed by atoms with Gasteiger partial charge in [-0.05, 0) is 6.08 Å². The Bertz CT molecular complexity index is 1050. The second-order valence-corrected chi connectivity index (χ2v) is 8.09. The third-order valence-corrected chi connectivity index (χ3v) is 6.05. The van der Waals surface area contributed by atoms with Gasteiger partial charge in [0.15, 0.2) is 17.5 Å². The summed E-state index contributed by atoms with van der Waals surface area (Å²) in [6, 6.07) is 0.674. The molecule has 0 bridgehead atoms. The highest BCUT2D eigenvalue weighted by molar-refractivity contribution is 8.00.